The number of carbonyl (C=O) groups is 1. The maximum atomic E-state index is 12.1. The van der Waals surface area contributed by atoms with E-state index in [9.17, 15) is 13.2 Å². The van der Waals surface area contributed by atoms with Crippen molar-refractivity contribution in [3.63, 3.8) is 0 Å². The summed E-state index contributed by atoms with van der Waals surface area (Å²) in [5, 5.41) is 0.994. The highest BCUT2D eigenvalue weighted by atomic mass is 35.5. The average Bonchev–Trinajstić information content (AvgIpc) is 2.51. The molecule has 0 unspecified atom stereocenters. The molecule has 4 nitrogen and oxygen atoms in total. The molecular weight excluding hydrogens is 359 g/mol. The summed E-state index contributed by atoms with van der Waals surface area (Å²) in [7, 11) is -3.54. The lowest BCUT2D eigenvalue weighted by Crippen LogP contribution is -2.13. The van der Waals surface area contributed by atoms with Crippen LogP contribution in [-0.2, 0) is 26.0 Å². The molecule has 0 saturated carbocycles. The number of halogens is 2. The molecule has 0 fully saturated rings. The molecule has 0 aliphatic carbocycles. The second-order valence-electron chi connectivity index (χ2n) is 4.81. The minimum Gasteiger partial charge on any atom is -0.461 e. The van der Waals surface area contributed by atoms with Crippen LogP contribution in [-0.4, -0.2) is 20.1 Å². The fourth-order valence-corrected chi connectivity index (χ4v) is 3.40. The molecule has 2 aromatic carbocycles. The van der Waals surface area contributed by atoms with Gasteiger partial charge in [-0.2, -0.15) is 0 Å². The predicted octanol–water partition coefficient (Wildman–Crippen LogP) is 3.90. The molecule has 0 radical (unpaired) electrons. The molecule has 7 heteroatoms. The minimum atomic E-state index is -3.54. The van der Waals surface area contributed by atoms with E-state index >= 15 is 0 Å². The maximum absolute atomic E-state index is 12.1. The van der Waals surface area contributed by atoms with Crippen LogP contribution in [0.3, 0.4) is 0 Å². The summed E-state index contributed by atoms with van der Waals surface area (Å²) in [6, 6.07) is 12.7. The van der Waals surface area contributed by atoms with Crippen LogP contribution in [0.25, 0.3) is 0 Å². The first-order valence-electron chi connectivity index (χ1n) is 6.75. The molecular formula is C16H14Cl2O4S. The zero-order valence-electron chi connectivity index (χ0n) is 12.0. The number of esters is 1. The molecule has 0 spiro atoms. The lowest BCUT2D eigenvalue weighted by molar-refractivity contribution is -0.144. The first-order chi connectivity index (χ1) is 10.9. The zero-order chi connectivity index (χ0) is 16.9. The molecule has 0 aliphatic rings. The fourth-order valence-electron chi connectivity index (χ4n) is 1.84. The lowest BCUT2D eigenvalue weighted by atomic mass is 10.2. The van der Waals surface area contributed by atoms with Crippen LogP contribution in [0.2, 0.25) is 10.0 Å². The highest BCUT2D eigenvalue weighted by Gasteiger charge is 2.17. The van der Waals surface area contributed by atoms with E-state index in [1.165, 1.54) is 24.3 Å². The van der Waals surface area contributed by atoms with Gasteiger partial charge in [0, 0.05) is 10.0 Å². The van der Waals surface area contributed by atoms with E-state index in [1.54, 1.807) is 24.3 Å². The third-order valence-corrected chi connectivity index (χ3v) is 5.26. The van der Waals surface area contributed by atoms with Gasteiger partial charge in [-0.25, -0.2) is 8.42 Å². The molecule has 122 valence electrons. The van der Waals surface area contributed by atoms with E-state index < -0.39 is 15.8 Å². The molecule has 0 amide bonds. The van der Waals surface area contributed by atoms with Gasteiger partial charge >= 0.3 is 5.97 Å². The number of hydrogen-bond donors (Lipinski definition) is 0. The molecule has 0 N–H and O–H groups in total. The standard InChI is InChI=1S/C16H14Cl2O4S/c17-13-4-6-15(7-5-13)23(20,21)9-8-16(19)22-11-12-2-1-3-14(18)10-12/h1-7,10H,8-9,11H2. The monoisotopic (exact) mass is 372 g/mol. The van der Waals surface area contributed by atoms with E-state index in [0.717, 1.165) is 5.56 Å². The lowest BCUT2D eigenvalue weighted by Gasteiger charge is -2.06. The Kier molecular flexibility index (Phi) is 6.04. The summed E-state index contributed by atoms with van der Waals surface area (Å²) < 4.78 is 29.2. The molecule has 0 heterocycles. The highest BCUT2D eigenvalue weighted by molar-refractivity contribution is 7.91. The van der Waals surface area contributed by atoms with Crippen molar-refractivity contribution in [1.29, 1.82) is 0 Å². The van der Waals surface area contributed by atoms with Crippen LogP contribution in [0.1, 0.15) is 12.0 Å². The highest BCUT2D eigenvalue weighted by Crippen LogP contribution is 2.16. The van der Waals surface area contributed by atoms with Crippen LogP contribution >= 0.6 is 23.2 Å². The Hall–Kier alpha value is -1.56. The second kappa shape index (κ2) is 7.81. The van der Waals surface area contributed by atoms with Crippen molar-refractivity contribution >= 4 is 39.0 Å². The predicted molar refractivity (Wildman–Crippen MR) is 89.4 cm³/mol. The number of sulfone groups is 1. The van der Waals surface area contributed by atoms with E-state index in [0.29, 0.717) is 10.0 Å². The van der Waals surface area contributed by atoms with Crippen molar-refractivity contribution in [3.05, 3.63) is 64.1 Å². The molecule has 0 aromatic heterocycles. The summed E-state index contributed by atoms with van der Waals surface area (Å²) in [6.45, 7) is 0.0559. The van der Waals surface area contributed by atoms with Gasteiger partial charge in [-0.05, 0) is 42.0 Å². The Bertz CT molecular complexity index is 786. The Labute approximate surface area is 144 Å². The SMILES string of the molecule is O=C(CCS(=O)(=O)c1ccc(Cl)cc1)OCc1cccc(Cl)c1. The van der Waals surface area contributed by atoms with Gasteiger partial charge < -0.3 is 4.74 Å². The van der Waals surface area contributed by atoms with Crippen LogP contribution in [0.4, 0.5) is 0 Å². The van der Waals surface area contributed by atoms with Crippen molar-refractivity contribution in [2.75, 3.05) is 5.75 Å². The molecule has 0 bridgehead atoms. The van der Waals surface area contributed by atoms with E-state index in [2.05, 4.69) is 0 Å². The van der Waals surface area contributed by atoms with Gasteiger partial charge in [-0.15, -0.1) is 0 Å². The first-order valence-corrected chi connectivity index (χ1v) is 9.16. The number of rotatable bonds is 6. The van der Waals surface area contributed by atoms with Crippen molar-refractivity contribution in [3.8, 4) is 0 Å². The number of carbonyl (C=O) groups excluding carboxylic acids is 1. The summed E-state index contributed by atoms with van der Waals surface area (Å²) >= 11 is 11.6. The Balaban J connectivity index is 1.87. The van der Waals surface area contributed by atoms with Crippen LogP contribution in [0.15, 0.2) is 53.4 Å². The third kappa shape index (κ3) is 5.53. The molecule has 0 saturated heterocycles. The number of benzene rings is 2. The molecule has 2 aromatic rings. The van der Waals surface area contributed by atoms with Crippen molar-refractivity contribution in [1.82, 2.24) is 0 Å². The maximum Gasteiger partial charge on any atom is 0.307 e. The van der Waals surface area contributed by atoms with Crippen LogP contribution < -0.4 is 0 Å². The van der Waals surface area contributed by atoms with Crippen LogP contribution in [0, 0.1) is 0 Å². The summed E-state index contributed by atoms with van der Waals surface area (Å²) in [6.07, 6.45) is -0.217. The third-order valence-electron chi connectivity index (χ3n) is 3.04. The smallest absolute Gasteiger partial charge is 0.307 e. The quantitative estimate of drug-likeness (QED) is 0.721. The Morgan fingerprint density at radius 1 is 1.00 bits per heavy atom. The van der Waals surface area contributed by atoms with Crippen molar-refractivity contribution < 1.29 is 17.9 Å². The van der Waals surface area contributed by atoms with Gasteiger partial charge in [0.1, 0.15) is 6.61 Å². The van der Waals surface area contributed by atoms with E-state index in [1.807, 2.05) is 0 Å². The normalized spacial score (nSPS) is 11.2. The zero-order valence-corrected chi connectivity index (χ0v) is 14.4. The average molecular weight is 373 g/mol. The fraction of sp³-hybridized carbons (Fsp3) is 0.188. The van der Waals surface area contributed by atoms with Crippen molar-refractivity contribution in [2.45, 2.75) is 17.9 Å². The summed E-state index contributed by atoms with van der Waals surface area (Å²) in [5.74, 6) is -0.897. The Morgan fingerprint density at radius 2 is 1.70 bits per heavy atom. The molecule has 23 heavy (non-hydrogen) atoms. The van der Waals surface area contributed by atoms with E-state index in [-0.39, 0.29) is 23.7 Å². The largest absolute Gasteiger partial charge is 0.461 e. The topological polar surface area (TPSA) is 60.4 Å². The molecule has 0 atom stereocenters. The van der Waals surface area contributed by atoms with Gasteiger partial charge in [0.2, 0.25) is 0 Å². The van der Waals surface area contributed by atoms with Gasteiger partial charge in [0.05, 0.1) is 17.1 Å². The first kappa shape index (κ1) is 17.8. The van der Waals surface area contributed by atoms with Gasteiger partial charge in [-0.1, -0.05) is 35.3 Å². The summed E-state index contributed by atoms with van der Waals surface area (Å²) in [5.41, 5.74) is 0.742. The van der Waals surface area contributed by atoms with Gasteiger partial charge in [0.15, 0.2) is 9.84 Å². The van der Waals surface area contributed by atoms with Gasteiger partial charge in [-0.3, -0.25) is 4.79 Å². The second-order valence-corrected chi connectivity index (χ2v) is 7.80. The van der Waals surface area contributed by atoms with Crippen molar-refractivity contribution in [2.24, 2.45) is 0 Å². The summed E-state index contributed by atoms with van der Waals surface area (Å²) in [4.78, 5) is 11.8. The Morgan fingerprint density at radius 3 is 2.35 bits per heavy atom. The van der Waals surface area contributed by atoms with E-state index in [4.69, 9.17) is 27.9 Å². The number of hydrogen-bond acceptors (Lipinski definition) is 4. The number of ether oxygens (including phenoxy) is 1. The molecule has 2 rings (SSSR count). The van der Waals surface area contributed by atoms with Crippen LogP contribution in [0.5, 0.6) is 0 Å². The minimum absolute atomic E-state index is 0.0559. The van der Waals surface area contributed by atoms with Gasteiger partial charge in [0.25, 0.3) is 0 Å². The molecule has 0 aliphatic heterocycles.